The van der Waals surface area contributed by atoms with Crippen molar-refractivity contribution in [2.24, 2.45) is 40.7 Å². The van der Waals surface area contributed by atoms with Crippen molar-refractivity contribution < 1.29 is 13.2 Å². The standard InChI is InChI=1S/C44H31F3N8/c1-30-6-14-35(15-7-30)50-53-38-22-24-39(25-23-38)54-55-43-27-26-42(40-4-2-3-5-41(40)43)49-29-32-10-8-31(9-11-32)28-48-34-18-20-37(21-19-34)52-51-36-16-12-33(13-17-36)44(45,46)47/h2-29H,1H3. The molecule has 0 heterocycles. The second-order valence-electron chi connectivity index (χ2n) is 12.3. The molecule has 0 fully saturated rings. The largest absolute Gasteiger partial charge is 0.416 e. The van der Waals surface area contributed by atoms with Gasteiger partial charge >= 0.3 is 6.18 Å². The van der Waals surface area contributed by atoms with E-state index in [0.29, 0.717) is 22.7 Å². The number of aryl methyl sites for hydroxylation is 1. The Morgan fingerprint density at radius 1 is 0.382 bits per heavy atom. The van der Waals surface area contributed by atoms with Gasteiger partial charge in [-0.1, -0.05) is 66.2 Å². The van der Waals surface area contributed by atoms with Crippen LogP contribution in [0.1, 0.15) is 22.3 Å². The number of benzene rings is 7. The average molecular weight is 729 g/mol. The number of azo groups is 3. The monoisotopic (exact) mass is 728 g/mol. The zero-order valence-corrected chi connectivity index (χ0v) is 29.4. The molecular formula is C44H31F3N8. The van der Waals surface area contributed by atoms with E-state index in [2.05, 4.69) is 35.7 Å². The van der Waals surface area contributed by atoms with E-state index in [9.17, 15) is 13.2 Å². The predicted octanol–water partition coefficient (Wildman–Crippen LogP) is 14.9. The molecular weight excluding hydrogens is 698 g/mol. The fourth-order valence-electron chi connectivity index (χ4n) is 5.29. The predicted molar refractivity (Wildman–Crippen MR) is 213 cm³/mol. The molecule has 0 aliphatic heterocycles. The van der Waals surface area contributed by atoms with Crippen LogP contribution >= 0.6 is 0 Å². The lowest BCUT2D eigenvalue weighted by Gasteiger charge is -2.05. The third-order valence-electron chi connectivity index (χ3n) is 8.29. The highest BCUT2D eigenvalue weighted by Gasteiger charge is 2.29. The summed E-state index contributed by atoms with van der Waals surface area (Å²) in [5, 5.41) is 27.6. The number of fused-ring (bicyclic) bond motifs is 1. The molecule has 0 amide bonds. The Hall–Kier alpha value is -7.27. The molecule has 0 saturated carbocycles. The first kappa shape index (κ1) is 36.1. The molecule has 0 bridgehead atoms. The van der Waals surface area contributed by atoms with Crippen molar-refractivity contribution >= 4 is 68.7 Å². The summed E-state index contributed by atoms with van der Waals surface area (Å²) in [5.41, 5.74) is 7.63. The summed E-state index contributed by atoms with van der Waals surface area (Å²) >= 11 is 0. The minimum Gasteiger partial charge on any atom is -0.256 e. The number of hydrogen-bond donors (Lipinski definition) is 0. The molecule has 268 valence electrons. The number of aliphatic imine (C=N–C) groups is 2. The van der Waals surface area contributed by atoms with Crippen molar-refractivity contribution in [2.45, 2.75) is 13.1 Å². The topological polar surface area (TPSA) is 98.9 Å². The number of alkyl halides is 3. The van der Waals surface area contributed by atoms with Crippen LogP contribution in [0.3, 0.4) is 0 Å². The van der Waals surface area contributed by atoms with Gasteiger partial charge in [0.1, 0.15) is 0 Å². The zero-order valence-electron chi connectivity index (χ0n) is 29.4. The maximum absolute atomic E-state index is 12.8. The Morgan fingerprint density at radius 3 is 1.25 bits per heavy atom. The molecule has 7 aromatic carbocycles. The second kappa shape index (κ2) is 16.6. The van der Waals surface area contributed by atoms with Crippen LogP contribution in [0.4, 0.5) is 58.7 Å². The normalized spacial score (nSPS) is 12.4. The van der Waals surface area contributed by atoms with Crippen LogP contribution < -0.4 is 0 Å². The van der Waals surface area contributed by atoms with Gasteiger partial charge in [-0.2, -0.15) is 38.7 Å². The van der Waals surface area contributed by atoms with Crippen LogP contribution in [0.25, 0.3) is 10.8 Å². The smallest absolute Gasteiger partial charge is 0.256 e. The Labute approximate surface area is 314 Å². The van der Waals surface area contributed by atoms with Crippen LogP contribution in [0.15, 0.2) is 198 Å². The molecule has 0 saturated heterocycles. The van der Waals surface area contributed by atoms with Crippen molar-refractivity contribution in [3.63, 3.8) is 0 Å². The lowest BCUT2D eigenvalue weighted by Crippen LogP contribution is -2.03. The van der Waals surface area contributed by atoms with Gasteiger partial charge in [0.25, 0.3) is 0 Å². The van der Waals surface area contributed by atoms with Crippen LogP contribution in [0.2, 0.25) is 0 Å². The minimum atomic E-state index is -4.39. The highest BCUT2D eigenvalue weighted by Crippen LogP contribution is 2.35. The van der Waals surface area contributed by atoms with Crippen molar-refractivity contribution in [1.29, 1.82) is 0 Å². The highest BCUT2D eigenvalue weighted by atomic mass is 19.4. The van der Waals surface area contributed by atoms with Crippen molar-refractivity contribution in [1.82, 2.24) is 0 Å². The van der Waals surface area contributed by atoms with E-state index in [1.807, 2.05) is 122 Å². The Morgan fingerprint density at radius 2 is 0.764 bits per heavy atom. The van der Waals surface area contributed by atoms with E-state index < -0.39 is 11.7 Å². The van der Waals surface area contributed by atoms with Crippen LogP contribution in [0, 0.1) is 6.92 Å². The van der Waals surface area contributed by atoms with Gasteiger partial charge in [0.05, 0.1) is 51.1 Å². The fourth-order valence-corrected chi connectivity index (χ4v) is 5.29. The van der Waals surface area contributed by atoms with Crippen LogP contribution in [-0.2, 0) is 6.18 Å². The molecule has 8 nitrogen and oxygen atoms in total. The van der Waals surface area contributed by atoms with Crippen LogP contribution in [0.5, 0.6) is 0 Å². The highest BCUT2D eigenvalue weighted by molar-refractivity contribution is 6.01. The van der Waals surface area contributed by atoms with Crippen molar-refractivity contribution in [3.8, 4) is 0 Å². The molecule has 7 aromatic rings. The number of hydrogen-bond acceptors (Lipinski definition) is 8. The summed E-state index contributed by atoms with van der Waals surface area (Å²) in [6.45, 7) is 2.03. The molecule has 7 rings (SSSR count). The van der Waals surface area contributed by atoms with Crippen molar-refractivity contribution in [2.75, 3.05) is 0 Å². The molecule has 11 heteroatoms. The van der Waals surface area contributed by atoms with E-state index >= 15 is 0 Å². The minimum absolute atomic E-state index is 0.325. The van der Waals surface area contributed by atoms with E-state index in [1.54, 1.807) is 30.5 Å². The number of halogens is 3. The summed E-state index contributed by atoms with van der Waals surface area (Å²) in [5.74, 6) is 0. The lowest BCUT2D eigenvalue weighted by molar-refractivity contribution is -0.137. The molecule has 0 N–H and O–H groups in total. The molecule has 0 aliphatic carbocycles. The van der Waals surface area contributed by atoms with Gasteiger partial charge in [-0.25, -0.2) is 0 Å². The summed E-state index contributed by atoms with van der Waals surface area (Å²) in [4.78, 5) is 9.32. The summed E-state index contributed by atoms with van der Waals surface area (Å²) < 4.78 is 38.3. The van der Waals surface area contributed by atoms with Crippen LogP contribution in [-0.4, -0.2) is 12.4 Å². The molecule has 0 atom stereocenters. The van der Waals surface area contributed by atoms with Gasteiger partial charge in [-0.15, -0.1) is 5.11 Å². The SMILES string of the molecule is Cc1ccc(N=Nc2ccc(N=Nc3ccc(N=Cc4ccc(C=Nc5ccc(N=Nc6ccc(C(F)(F)F)cc6)cc5)cc4)c4ccccc34)cc2)cc1. The molecule has 0 unspecified atom stereocenters. The third kappa shape index (κ3) is 9.79. The average Bonchev–Trinajstić information content (AvgIpc) is 3.21. The van der Waals surface area contributed by atoms with Gasteiger partial charge in [0.2, 0.25) is 0 Å². The summed E-state index contributed by atoms with van der Waals surface area (Å²) in [6.07, 6.45) is -0.817. The molecule has 0 radical (unpaired) electrons. The van der Waals surface area contributed by atoms with Gasteiger partial charge in [-0.3, -0.25) is 9.98 Å². The maximum atomic E-state index is 12.8. The molecule has 55 heavy (non-hydrogen) atoms. The Kier molecular flexibility index (Phi) is 10.9. The van der Waals surface area contributed by atoms with E-state index in [0.717, 1.165) is 56.8 Å². The van der Waals surface area contributed by atoms with Gasteiger partial charge in [-0.05, 0) is 115 Å². The van der Waals surface area contributed by atoms with Crippen molar-refractivity contribution in [3.05, 3.63) is 180 Å². The summed E-state index contributed by atoms with van der Waals surface area (Å²) in [6, 6.07) is 46.5. The van der Waals surface area contributed by atoms with Gasteiger partial charge in [0, 0.05) is 23.2 Å². The first-order chi connectivity index (χ1) is 26.7. The Balaban J connectivity index is 0.961. The summed E-state index contributed by atoms with van der Waals surface area (Å²) in [7, 11) is 0. The lowest BCUT2D eigenvalue weighted by atomic mass is 10.1. The second-order valence-corrected chi connectivity index (χ2v) is 12.3. The van der Waals surface area contributed by atoms with E-state index in [-0.39, 0.29) is 0 Å². The first-order valence-electron chi connectivity index (χ1n) is 17.1. The zero-order chi connectivity index (χ0) is 38.0. The van der Waals surface area contributed by atoms with E-state index in [1.165, 1.54) is 17.7 Å². The quantitative estimate of drug-likeness (QED) is 0.0989. The fraction of sp³-hybridized carbons (Fsp3) is 0.0455. The first-order valence-corrected chi connectivity index (χ1v) is 17.1. The molecule has 0 aromatic heterocycles. The van der Waals surface area contributed by atoms with E-state index in [4.69, 9.17) is 4.99 Å². The molecule has 0 aliphatic rings. The number of nitrogens with zero attached hydrogens (tertiary/aromatic N) is 8. The maximum Gasteiger partial charge on any atom is 0.416 e. The van der Waals surface area contributed by atoms with Gasteiger partial charge in [0.15, 0.2) is 0 Å². The number of rotatable bonds is 10. The Bertz CT molecular complexity index is 2540. The molecule has 0 spiro atoms. The third-order valence-corrected chi connectivity index (χ3v) is 8.29. The van der Waals surface area contributed by atoms with Gasteiger partial charge < -0.3 is 0 Å².